The lowest BCUT2D eigenvalue weighted by molar-refractivity contribution is 0.0469. The van der Waals surface area contributed by atoms with Gasteiger partial charge in [0.25, 0.3) is 5.56 Å². The lowest BCUT2D eigenvalue weighted by Crippen LogP contribution is -2.25. The third-order valence-electron chi connectivity index (χ3n) is 4.48. The molecule has 30 heavy (non-hydrogen) atoms. The molecule has 0 saturated carbocycles. The maximum Gasteiger partial charge on any atom is 0.359 e. The number of hydrogen-bond donors (Lipinski definition) is 0. The topological polar surface area (TPSA) is 78.3 Å². The first-order chi connectivity index (χ1) is 14.5. The highest BCUT2D eigenvalue weighted by Gasteiger charge is 2.20. The van der Waals surface area contributed by atoms with E-state index < -0.39 is 18.4 Å². The van der Waals surface area contributed by atoms with Crippen molar-refractivity contribution in [3.05, 3.63) is 105 Å². The fraction of sp³-hybridized carbons (Fsp3) is 0.0435. The molecular weight excluding hydrogens is 404 g/mol. The molecule has 0 saturated heterocycles. The summed E-state index contributed by atoms with van der Waals surface area (Å²) in [5.41, 5.74) is 0.441. The van der Waals surface area contributed by atoms with Crippen LogP contribution in [0.3, 0.4) is 0 Å². The number of benzene rings is 3. The van der Waals surface area contributed by atoms with Crippen molar-refractivity contribution in [2.45, 2.75) is 0 Å². The van der Waals surface area contributed by atoms with Gasteiger partial charge in [0.05, 0.1) is 11.1 Å². The fourth-order valence-electron chi connectivity index (χ4n) is 3.03. The summed E-state index contributed by atoms with van der Waals surface area (Å²) >= 11 is 5.90. The van der Waals surface area contributed by atoms with Crippen LogP contribution in [0, 0.1) is 0 Å². The normalized spacial score (nSPS) is 10.7. The maximum absolute atomic E-state index is 12.9. The fourth-order valence-corrected chi connectivity index (χ4v) is 3.22. The number of hydrogen-bond acceptors (Lipinski definition) is 5. The molecule has 148 valence electrons. The number of Topliss-reactive ketones (excluding diaryl/α,β-unsaturated/α-hetero) is 1. The number of esters is 1. The first-order valence-electron chi connectivity index (χ1n) is 9.08. The molecule has 0 bridgehead atoms. The van der Waals surface area contributed by atoms with E-state index in [9.17, 15) is 14.4 Å². The maximum atomic E-state index is 12.9. The number of para-hydroxylation sites is 1. The molecule has 0 aliphatic rings. The molecule has 3 aromatic carbocycles. The minimum atomic E-state index is -0.800. The minimum Gasteiger partial charge on any atom is -0.452 e. The minimum absolute atomic E-state index is 0.0482. The Balaban J connectivity index is 1.69. The molecule has 0 spiro atoms. The van der Waals surface area contributed by atoms with Crippen molar-refractivity contribution in [3.63, 3.8) is 0 Å². The zero-order chi connectivity index (χ0) is 21.1. The summed E-state index contributed by atoms with van der Waals surface area (Å²) in [6, 6.07) is 21.8. The Morgan fingerprint density at radius 2 is 1.60 bits per heavy atom. The van der Waals surface area contributed by atoms with Crippen LogP contribution in [0.4, 0.5) is 0 Å². The Bertz CT molecular complexity index is 1320. The van der Waals surface area contributed by atoms with E-state index in [2.05, 4.69) is 5.10 Å². The van der Waals surface area contributed by atoms with Crippen molar-refractivity contribution in [2.75, 3.05) is 6.61 Å². The summed E-state index contributed by atoms with van der Waals surface area (Å²) in [5.74, 6) is -1.20. The van der Waals surface area contributed by atoms with Gasteiger partial charge in [-0.05, 0) is 30.3 Å². The van der Waals surface area contributed by atoms with E-state index in [-0.39, 0.29) is 11.3 Å². The highest BCUT2D eigenvalue weighted by molar-refractivity contribution is 6.31. The summed E-state index contributed by atoms with van der Waals surface area (Å²) in [6.45, 7) is -0.473. The van der Waals surface area contributed by atoms with Crippen LogP contribution >= 0.6 is 11.6 Å². The van der Waals surface area contributed by atoms with Crippen LogP contribution in [0.25, 0.3) is 16.5 Å². The monoisotopic (exact) mass is 418 g/mol. The van der Waals surface area contributed by atoms with E-state index in [1.165, 1.54) is 6.07 Å². The van der Waals surface area contributed by atoms with Gasteiger partial charge in [0.1, 0.15) is 0 Å². The Kier molecular flexibility index (Phi) is 5.41. The molecule has 4 rings (SSSR count). The second-order valence-electron chi connectivity index (χ2n) is 6.46. The van der Waals surface area contributed by atoms with Gasteiger partial charge in [-0.15, -0.1) is 0 Å². The first kappa shape index (κ1) is 19.5. The zero-order valence-electron chi connectivity index (χ0n) is 15.6. The molecule has 1 aromatic heterocycles. The van der Waals surface area contributed by atoms with Crippen LogP contribution in [0.1, 0.15) is 20.8 Å². The Morgan fingerprint density at radius 1 is 0.900 bits per heavy atom. The second kappa shape index (κ2) is 8.31. The van der Waals surface area contributed by atoms with Gasteiger partial charge in [0.2, 0.25) is 0 Å². The van der Waals surface area contributed by atoms with E-state index in [4.69, 9.17) is 16.3 Å². The third kappa shape index (κ3) is 3.86. The van der Waals surface area contributed by atoms with Crippen molar-refractivity contribution in [3.8, 4) is 5.69 Å². The molecule has 0 atom stereocenters. The molecule has 0 N–H and O–H groups in total. The van der Waals surface area contributed by atoms with E-state index in [1.807, 2.05) is 6.07 Å². The second-order valence-corrected chi connectivity index (χ2v) is 6.89. The number of ether oxygens (including phenoxy) is 1. The third-order valence-corrected chi connectivity index (χ3v) is 4.72. The number of aromatic nitrogens is 2. The number of fused-ring (bicyclic) bond motifs is 1. The molecule has 1 heterocycles. The molecular formula is C23H15ClN2O4. The summed E-state index contributed by atoms with van der Waals surface area (Å²) < 4.78 is 6.36. The highest BCUT2D eigenvalue weighted by Crippen LogP contribution is 2.17. The SMILES string of the molecule is O=C(COC(=O)c1nn(-c2ccccc2)c(=O)c2ccccc12)c1cccc(Cl)c1. The van der Waals surface area contributed by atoms with Gasteiger partial charge in [0, 0.05) is 16.0 Å². The van der Waals surface area contributed by atoms with Crippen LogP contribution in [0.2, 0.25) is 5.02 Å². The van der Waals surface area contributed by atoms with Crippen molar-refractivity contribution < 1.29 is 14.3 Å². The highest BCUT2D eigenvalue weighted by atomic mass is 35.5. The summed E-state index contributed by atoms with van der Waals surface area (Å²) in [7, 11) is 0. The number of carbonyl (C=O) groups excluding carboxylic acids is 2. The van der Waals surface area contributed by atoms with Gasteiger partial charge in [-0.25, -0.2) is 4.79 Å². The van der Waals surface area contributed by atoms with Crippen LogP contribution < -0.4 is 5.56 Å². The number of halogens is 1. The molecule has 0 radical (unpaired) electrons. The number of ketones is 1. The van der Waals surface area contributed by atoms with Crippen LogP contribution in [-0.2, 0) is 4.74 Å². The quantitative estimate of drug-likeness (QED) is 0.360. The molecule has 0 aliphatic carbocycles. The first-order valence-corrected chi connectivity index (χ1v) is 9.46. The van der Waals surface area contributed by atoms with Gasteiger partial charge < -0.3 is 4.74 Å². The van der Waals surface area contributed by atoms with E-state index in [0.717, 1.165) is 4.68 Å². The number of nitrogens with zero attached hydrogens (tertiary/aromatic N) is 2. The van der Waals surface area contributed by atoms with Gasteiger partial charge >= 0.3 is 5.97 Å². The molecule has 0 fully saturated rings. The average Bonchev–Trinajstić information content (AvgIpc) is 2.78. The molecule has 7 heteroatoms. The number of rotatable bonds is 5. The summed E-state index contributed by atoms with van der Waals surface area (Å²) in [5, 5.41) is 5.32. The Labute approximate surface area is 176 Å². The summed E-state index contributed by atoms with van der Waals surface area (Å²) in [6.07, 6.45) is 0. The number of carbonyl (C=O) groups is 2. The van der Waals surface area contributed by atoms with Crippen LogP contribution in [0.5, 0.6) is 0 Å². The van der Waals surface area contributed by atoms with E-state index in [1.54, 1.807) is 66.7 Å². The smallest absolute Gasteiger partial charge is 0.359 e. The molecule has 0 amide bonds. The predicted octanol–water partition coefficient (Wildman–Crippen LogP) is 4.08. The van der Waals surface area contributed by atoms with E-state index >= 15 is 0 Å². The van der Waals surface area contributed by atoms with Crippen molar-refractivity contribution in [2.24, 2.45) is 0 Å². The Morgan fingerprint density at radius 3 is 2.33 bits per heavy atom. The molecule has 4 aromatic rings. The predicted molar refractivity (Wildman–Crippen MR) is 113 cm³/mol. The summed E-state index contributed by atoms with van der Waals surface area (Å²) in [4.78, 5) is 38.0. The van der Waals surface area contributed by atoms with Crippen LogP contribution in [-0.4, -0.2) is 28.1 Å². The van der Waals surface area contributed by atoms with Crippen molar-refractivity contribution in [1.29, 1.82) is 0 Å². The lowest BCUT2D eigenvalue weighted by atomic mass is 10.1. The Hall–Kier alpha value is -3.77. The van der Waals surface area contributed by atoms with Gasteiger partial charge in [-0.2, -0.15) is 9.78 Å². The standard InChI is InChI=1S/C23H15ClN2O4/c24-16-8-6-7-15(13-16)20(27)14-30-23(29)21-18-11-4-5-12-19(18)22(28)26(25-21)17-9-2-1-3-10-17/h1-13H,14H2. The van der Waals surface area contributed by atoms with Gasteiger partial charge in [0.15, 0.2) is 18.1 Å². The average molecular weight is 419 g/mol. The van der Waals surface area contributed by atoms with Gasteiger partial charge in [-0.1, -0.05) is 60.1 Å². The lowest BCUT2D eigenvalue weighted by Gasteiger charge is -2.11. The van der Waals surface area contributed by atoms with Crippen LogP contribution in [0.15, 0.2) is 83.7 Å². The molecule has 6 nitrogen and oxygen atoms in total. The van der Waals surface area contributed by atoms with Crippen molar-refractivity contribution >= 4 is 34.1 Å². The van der Waals surface area contributed by atoms with Crippen molar-refractivity contribution in [1.82, 2.24) is 9.78 Å². The molecule has 0 unspecified atom stereocenters. The molecule has 0 aliphatic heterocycles. The van der Waals surface area contributed by atoms with Gasteiger partial charge in [-0.3, -0.25) is 9.59 Å². The zero-order valence-corrected chi connectivity index (χ0v) is 16.4. The largest absolute Gasteiger partial charge is 0.452 e. The van der Waals surface area contributed by atoms with E-state index in [0.29, 0.717) is 27.0 Å².